The SMILES string of the molecule is C[C@H](Sc1nnc(-c2cccnc2)n1C)C(=O)Nc1cccc2ccccc12. The van der Waals surface area contributed by atoms with Crippen molar-refractivity contribution in [2.45, 2.75) is 17.3 Å². The predicted octanol–water partition coefficient (Wildman–Crippen LogP) is 4.15. The van der Waals surface area contributed by atoms with Gasteiger partial charge in [0.25, 0.3) is 0 Å². The summed E-state index contributed by atoms with van der Waals surface area (Å²) in [6, 6.07) is 17.7. The number of aromatic nitrogens is 4. The Morgan fingerprint density at radius 2 is 1.89 bits per heavy atom. The number of pyridine rings is 1. The number of amides is 1. The topological polar surface area (TPSA) is 72.7 Å². The van der Waals surface area contributed by atoms with Crippen LogP contribution in [0.4, 0.5) is 5.69 Å². The van der Waals surface area contributed by atoms with Gasteiger partial charge in [0.2, 0.25) is 5.91 Å². The van der Waals surface area contributed by atoms with Gasteiger partial charge in [0.1, 0.15) is 0 Å². The normalized spacial score (nSPS) is 12.1. The largest absolute Gasteiger partial charge is 0.325 e. The molecule has 0 unspecified atom stereocenters. The van der Waals surface area contributed by atoms with E-state index in [4.69, 9.17) is 0 Å². The molecule has 1 N–H and O–H groups in total. The van der Waals surface area contributed by atoms with Crippen molar-refractivity contribution in [1.29, 1.82) is 0 Å². The van der Waals surface area contributed by atoms with Crippen molar-refractivity contribution in [1.82, 2.24) is 19.7 Å². The molecule has 7 heteroatoms. The Labute approximate surface area is 167 Å². The van der Waals surface area contributed by atoms with Crippen molar-refractivity contribution in [2.24, 2.45) is 7.05 Å². The van der Waals surface area contributed by atoms with Crippen molar-refractivity contribution in [3.8, 4) is 11.4 Å². The van der Waals surface area contributed by atoms with E-state index in [1.165, 1.54) is 11.8 Å². The molecular formula is C21H19N5OS. The van der Waals surface area contributed by atoms with Crippen LogP contribution < -0.4 is 5.32 Å². The number of carbonyl (C=O) groups excluding carboxylic acids is 1. The molecule has 0 aliphatic rings. The molecule has 28 heavy (non-hydrogen) atoms. The molecule has 0 radical (unpaired) electrons. The molecule has 2 aromatic carbocycles. The van der Waals surface area contributed by atoms with Gasteiger partial charge in [-0.2, -0.15) is 0 Å². The van der Waals surface area contributed by atoms with Crippen LogP contribution in [0.3, 0.4) is 0 Å². The molecule has 0 bridgehead atoms. The third kappa shape index (κ3) is 3.61. The van der Waals surface area contributed by atoms with Crippen LogP contribution in [0.1, 0.15) is 6.92 Å². The molecule has 4 rings (SSSR count). The maximum Gasteiger partial charge on any atom is 0.237 e. The summed E-state index contributed by atoms with van der Waals surface area (Å²) in [5.41, 5.74) is 1.70. The van der Waals surface area contributed by atoms with Gasteiger partial charge in [0.05, 0.1) is 5.25 Å². The minimum atomic E-state index is -0.330. The highest BCUT2D eigenvalue weighted by Gasteiger charge is 2.20. The molecule has 0 spiro atoms. The Kier molecular flexibility index (Phi) is 5.08. The molecule has 2 aromatic heterocycles. The molecule has 6 nitrogen and oxygen atoms in total. The smallest absolute Gasteiger partial charge is 0.237 e. The third-order valence-electron chi connectivity index (χ3n) is 4.45. The quantitative estimate of drug-likeness (QED) is 0.519. The lowest BCUT2D eigenvalue weighted by Crippen LogP contribution is -2.23. The van der Waals surface area contributed by atoms with Gasteiger partial charge in [-0.15, -0.1) is 10.2 Å². The number of carbonyl (C=O) groups is 1. The summed E-state index contributed by atoms with van der Waals surface area (Å²) in [5, 5.41) is 14.0. The van der Waals surface area contributed by atoms with Crippen LogP contribution in [0.5, 0.6) is 0 Å². The van der Waals surface area contributed by atoms with Crippen molar-refractivity contribution in [3.63, 3.8) is 0 Å². The Hall–Kier alpha value is -3.19. The van der Waals surface area contributed by atoms with Gasteiger partial charge < -0.3 is 9.88 Å². The number of thioether (sulfide) groups is 1. The molecule has 1 atom stereocenters. The number of rotatable bonds is 5. The predicted molar refractivity (Wildman–Crippen MR) is 112 cm³/mol. The third-order valence-corrected chi connectivity index (χ3v) is 5.59. The molecule has 4 aromatic rings. The van der Waals surface area contributed by atoms with Crippen LogP contribution >= 0.6 is 11.8 Å². The highest BCUT2D eigenvalue weighted by atomic mass is 32.2. The van der Waals surface area contributed by atoms with Crippen LogP contribution in [0, 0.1) is 0 Å². The van der Waals surface area contributed by atoms with Gasteiger partial charge in [0, 0.05) is 36.1 Å². The monoisotopic (exact) mass is 389 g/mol. The lowest BCUT2D eigenvalue weighted by molar-refractivity contribution is -0.115. The Morgan fingerprint density at radius 1 is 1.07 bits per heavy atom. The summed E-state index contributed by atoms with van der Waals surface area (Å²) >= 11 is 1.38. The number of benzene rings is 2. The molecule has 140 valence electrons. The first-order chi connectivity index (χ1) is 13.6. The van der Waals surface area contributed by atoms with E-state index in [2.05, 4.69) is 20.5 Å². The van der Waals surface area contributed by atoms with E-state index in [-0.39, 0.29) is 11.2 Å². The fourth-order valence-electron chi connectivity index (χ4n) is 2.94. The molecule has 0 saturated heterocycles. The average Bonchev–Trinajstić information content (AvgIpc) is 3.09. The number of nitrogens with zero attached hydrogens (tertiary/aromatic N) is 4. The molecule has 1 amide bonds. The zero-order chi connectivity index (χ0) is 19.5. The Bertz CT molecular complexity index is 1120. The van der Waals surface area contributed by atoms with Crippen LogP contribution in [-0.2, 0) is 11.8 Å². The first-order valence-electron chi connectivity index (χ1n) is 8.88. The maximum absolute atomic E-state index is 12.7. The maximum atomic E-state index is 12.7. The standard InChI is InChI=1S/C21H19N5OS/c1-14(20(27)23-18-11-5-8-15-7-3-4-10-17(15)18)28-21-25-24-19(26(21)2)16-9-6-12-22-13-16/h3-14H,1-2H3,(H,23,27)/t14-/m0/s1. The summed E-state index contributed by atoms with van der Waals surface area (Å²) in [6.07, 6.45) is 3.46. The Morgan fingerprint density at radius 3 is 2.71 bits per heavy atom. The van der Waals surface area contributed by atoms with E-state index in [9.17, 15) is 4.79 Å². The first-order valence-corrected chi connectivity index (χ1v) is 9.76. The molecule has 2 heterocycles. The fraction of sp³-hybridized carbons (Fsp3) is 0.143. The van der Waals surface area contributed by atoms with Gasteiger partial charge >= 0.3 is 0 Å². The fourth-order valence-corrected chi connectivity index (χ4v) is 3.76. The summed E-state index contributed by atoms with van der Waals surface area (Å²) in [4.78, 5) is 16.9. The van der Waals surface area contributed by atoms with E-state index in [0.717, 1.165) is 27.8 Å². The van der Waals surface area contributed by atoms with Gasteiger partial charge in [-0.05, 0) is 30.5 Å². The second kappa shape index (κ2) is 7.82. The second-order valence-corrected chi connectivity index (χ2v) is 7.69. The summed E-state index contributed by atoms with van der Waals surface area (Å²) in [5.74, 6) is 0.643. The average molecular weight is 389 g/mol. The van der Waals surface area contributed by atoms with Crippen LogP contribution in [0.15, 0.2) is 72.1 Å². The molecule has 0 fully saturated rings. The van der Waals surface area contributed by atoms with Crippen LogP contribution in [0.25, 0.3) is 22.2 Å². The highest BCUT2D eigenvalue weighted by Crippen LogP contribution is 2.27. The Balaban J connectivity index is 1.50. The van der Waals surface area contributed by atoms with E-state index >= 15 is 0 Å². The molecule has 0 saturated carbocycles. The number of hydrogen-bond acceptors (Lipinski definition) is 5. The van der Waals surface area contributed by atoms with E-state index < -0.39 is 0 Å². The number of nitrogens with one attached hydrogen (secondary N) is 1. The van der Waals surface area contributed by atoms with E-state index in [1.807, 2.05) is 73.1 Å². The second-order valence-electron chi connectivity index (χ2n) is 6.38. The zero-order valence-corrected chi connectivity index (χ0v) is 16.4. The van der Waals surface area contributed by atoms with Gasteiger partial charge in [-0.25, -0.2) is 0 Å². The summed E-state index contributed by atoms with van der Waals surface area (Å²) < 4.78 is 1.88. The van der Waals surface area contributed by atoms with Crippen molar-refractivity contribution >= 4 is 34.1 Å². The van der Waals surface area contributed by atoms with Gasteiger partial charge in [-0.3, -0.25) is 9.78 Å². The summed E-state index contributed by atoms with van der Waals surface area (Å²) in [6.45, 7) is 1.86. The zero-order valence-electron chi connectivity index (χ0n) is 15.5. The molecule has 0 aliphatic heterocycles. The number of hydrogen-bond donors (Lipinski definition) is 1. The summed E-state index contributed by atoms with van der Waals surface area (Å²) in [7, 11) is 1.89. The van der Waals surface area contributed by atoms with Crippen LogP contribution in [0.2, 0.25) is 0 Å². The number of anilines is 1. The van der Waals surface area contributed by atoms with Crippen molar-refractivity contribution < 1.29 is 4.79 Å². The lowest BCUT2D eigenvalue weighted by Gasteiger charge is -2.13. The minimum absolute atomic E-state index is 0.0766. The van der Waals surface area contributed by atoms with E-state index in [0.29, 0.717) is 5.16 Å². The van der Waals surface area contributed by atoms with Gasteiger partial charge in [-0.1, -0.05) is 48.2 Å². The van der Waals surface area contributed by atoms with Crippen molar-refractivity contribution in [2.75, 3.05) is 5.32 Å². The number of fused-ring (bicyclic) bond motifs is 1. The van der Waals surface area contributed by atoms with E-state index in [1.54, 1.807) is 12.4 Å². The minimum Gasteiger partial charge on any atom is -0.325 e. The van der Waals surface area contributed by atoms with Crippen molar-refractivity contribution in [3.05, 3.63) is 67.0 Å². The highest BCUT2D eigenvalue weighted by molar-refractivity contribution is 8.00. The first kappa shape index (κ1) is 18.2. The molecular weight excluding hydrogens is 370 g/mol. The molecule has 0 aliphatic carbocycles. The van der Waals surface area contributed by atoms with Gasteiger partial charge in [0.15, 0.2) is 11.0 Å². The lowest BCUT2D eigenvalue weighted by atomic mass is 10.1. The van der Waals surface area contributed by atoms with Crippen LogP contribution in [-0.4, -0.2) is 30.9 Å².